The van der Waals surface area contributed by atoms with Gasteiger partial charge in [-0.2, -0.15) is 0 Å². The molecule has 0 radical (unpaired) electrons. The number of amides is 2. The number of aryl methyl sites for hydroxylation is 1. The number of rotatable bonds is 5. The van der Waals surface area contributed by atoms with Gasteiger partial charge in [0, 0.05) is 44.8 Å². The van der Waals surface area contributed by atoms with E-state index in [-0.39, 0.29) is 17.7 Å². The molecule has 1 aromatic rings. The fourth-order valence-electron chi connectivity index (χ4n) is 2.87. The van der Waals surface area contributed by atoms with E-state index in [1.54, 1.807) is 11.8 Å². The van der Waals surface area contributed by atoms with Gasteiger partial charge in [0.25, 0.3) is 0 Å². The van der Waals surface area contributed by atoms with Crippen LogP contribution in [-0.4, -0.2) is 38.1 Å². The summed E-state index contributed by atoms with van der Waals surface area (Å²) in [5.41, 5.74) is 3.16. The number of anilines is 1. The predicted octanol–water partition coefficient (Wildman–Crippen LogP) is 2.20. The van der Waals surface area contributed by atoms with Crippen LogP contribution in [0.25, 0.3) is 0 Å². The summed E-state index contributed by atoms with van der Waals surface area (Å²) in [6.45, 7) is 7.85. The van der Waals surface area contributed by atoms with E-state index in [4.69, 9.17) is 4.74 Å². The van der Waals surface area contributed by atoms with Crippen molar-refractivity contribution in [3.05, 3.63) is 29.3 Å². The van der Waals surface area contributed by atoms with Gasteiger partial charge < -0.3 is 15.0 Å². The summed E-state index contributed by atoms with van der Waals surface area (Å²) >= 11 is 0. The number of ether oxygens (including phenoxy) is 1. The van der Waals surface area contributed by atoms with Gasteiger partial charge in [0.15, 0.2) is 0 Å². The molecular formula is C18H26N2O3. The van der Waals surface area contributed by atoms with Gasteiger partial charge in [-0.05, 0) is 43.9 Å². The van der Waals surface area contributed by atoms with Crippen molar-refractivity contribution in [2.45, 2.75) is 33.6 Å². The highest BCUT2D eigenvalue weighted by atomic mass is 16.5. The van der Waals surface area contributed by atoms with Crippen molar-refractivity contribution >= 4 is 17.5 Å². The van der Waals surface area contributed by atoms with Crippen molar-refractivity contribution < 1.29 is 14.3 Å². The number of hydrogen-bond donors (Lipinski definition) is 1. The van der Waals surface area contributed by atoms with Crippen LogP contribution in [0.5, 0.6) is 0 Å². The van der Waals surface area contributed by atoms with E-state index in [1.807, 2.05) is 32.0 Å². The van der Waals surface area contributed by atoms with Crippen LogP contribution in [0, 0.1) is 19.8 Å². The summed E-state index contributed by atoms with van der Waals surface area (Å²) in [6.07, 6.45) is 1.55. The fourth-order valence-corrected chi connectivity index (χ4v) is 2.87. The second kappa shape index (κ2) is 8.11. The number of benzene rings is 1. The summed E-state index contributed by atoms with van der Waals surface area (Å²) in [7, 11) is 0. The van der Waals surface area contributed by atoms with Gasteiger partial charge in [0.05, 0.1) is 0 Å². The third-order valence-corrected chi connectivity index (χ3v) is 4.47. The normalized spacial score (nSPS) is 15.3. The lowest BCUT2D eigenvalue weighted by atomic mass is 9.99. The molecule has 1 aliphatic rings. The highest BCUT2D eigenvalue weighted by Crippen LogP contribution is 2.22. The molecule has 23 heavy (non-hydrogen) atoms. The van der Waals surface area contributed by atoms with Crippen molar-refractivity contribution in [1.29, 1.82) is 0 Å². The van der Waals surface area contributed by atoms with Crippen LogP contribution in [0.3, 0.4) is 0 Å². The number of nitrogens with one attached hydrogen (secondary N) is 1. The first-order chi connectivity index (χ1) is 11.0. The topological polar surface area (TPSA) is 58.6 Å². The second-order valence-electron chi connectivity index (χ2n) is 6.07. The van der Waals surface area contributed by atoms with Crippen LogP contribution in [0.15, 0.2) is 18.2 Å². The summed E-state index contributed by atoms with van der Waals surface area (Å²) in [6, 6.07) is 5.93. The summed E-state index contributed by atoms with van der Waals surface area (Å²) in [4.78, 5) is 25.8. The lowest BCUT2D eigenvalue weighted by Gasteiger charge is -2.25. The maximum Gasteiger partial charge on any atom is 0.223 e. The molecule has 0 aliphatic carbocycles. The number of carbonyl (C=O) groups is 2. The summed E-state index contributed by atoms with van der Waals surface area (Å²) in [5, 5.41) is 2.95. The molecule has 1 aliphatic heterocycles. The molecule has 1 N–H and O–H groups in total. The second-order valence-corrected chi connectivity index (χ2v) is 6.07. The van der Waals surface area contributed by atoms with Crippen LogP contribution >= 0.6 is 0 Å². The Morgan fingerprint density at radius 3 is 2.61 bits per heavy atom. The highest BCUT2D eigenvalue weighted by Gasteiger charge is 2.21. The van der Waals surface area contributed by atoms with Crippen LogP contribution in [-0.2, 0) is 14.3 Å². The van der Waals surface area contributed by atoms with Crippen molar-refractivity contribution in [1.82, 2.24) is 5.32 Å². The van der Waals surface area contributed by atoms with Crippen molar-refractivity contribution in [3.8, 4) is 0 Å². The van der Waals surface area contributed by atoms with Crippen LogP contribution in [0.2, 0.25) is 0 Å². The van der Waals surface area contributed by atoms with Crippen LogP contribution in [0.4, 0.5) is 5.69 Å². The zero-order valence-corrected chi connectivity index (χ0v) is 14.2. The predicted molar refractivity (Wildman–Crippen MR) is 90.5 cm³/mol. The smallest absolute Gasteiger partial charge is 0.223 e. The Labute approximate surface area is 138 Å². The quantitative estimate of drug-likeness (QED) is 0.905. The van der Waals surface area contributed by atoms with E-state index in [2.05, 4.69) is 5.32 Å². The van der Waals surface area contributed by atoms with Crippen molar-refractivity contribution in [2.24, 2.45) is 5.92 Å². The molecule has 2 rings (SSSR count). The van der Waals surface area contributed by atoms with Crippen molar-refractivity contribution in [2.75, 3.05) is 31.2 Å². The number of carbonyl (C=O) groups excluding carboxylic acids is 2. The number of hydrogen-bond acceptors (Lipinski definition) is 3. The minimum atomic E-state index is -0.0148. The molecule has 5 heteroatoms. The van der Waals surface area contributed by atoms with Gasteiger partial charge in [-0.3, -0.25) is 9.59 Å². The molecule has 0 saturated carbocycles. The molecule has 0 atom stereocenters. The molecule has 0 spiro atoms. The Balaban J connectivity index is 1.94. The zero-order valence-electron chi connectivity index (χ0n) is 14.2. The maximum absolute atomic E-state index is 12.1. The molecule has 1 fully saturated rings. The average Bonchev–Trinajstić information content (AvgIpc) is 2.55. The molecule has 1 saturated heterocycles. The average molecular weight is 318 g/mol. The molecule has 126 valence electrons. The lowest BCUT2D eigenvalue weighted by Crippen LogP contribution is -2.41. The number of nitrogens with zero attached hydrogens (tertiary/aromatic N) is 1. The third-order valence-electron chi connectivity index (χ3n) is 4.47. The van der Waals surface area contributed by atoms with E-state index in [9.17, 15) is 9.59 Å². The van der Waals surface area contributed by atoms with Crippen LogP contribution < -0.4 is 10.2 Å². The molecule has 0 bridgehead atoms. The molecule has 2 amide bonds. The third kappa shape index (κ3) is 4.55. The van der Waals surface area contributed by atoms with Gasteiger partial charge in [-0.15, -0.1) is 0 Å². The molecule has 1 heterocycles. The standard InChI is InChI=1S/C18H26N2O3/c1-13-5-4-6-17(14(13)2)20(15(3)21)10-9-19-18(22)16-7-11-23-12-8-16/h4-6,16H,7-12H2,1-3H3,(H,19,22). The van der Waals surface area contributed by atoms with E-state index < -0.39 is 0 Å². The summed E-state index contributed by atoms with van der Waals surface area (Å²) < 4.78 is 5.27. The van der Waals surface area contributed by atoms with Gasteiger partial charge >= 0.3 is 0 Å². The first-order valence-electron chi connectivity index (χ1n) is 8.20. The van der Waals surface area contributed by atoms with E-state index in [1.165, 1.54) is 0 Å². The zero-order chi connectivity index (χ0) is 16.8. The fraction of sp³-hybridized carbons (Fsp3) is 0.556. The Kier molecular flexibility index (Phi) is 6.16. The minimum absolute atomic E-state index is 0.0148. The van der Waals surface area contributed by atoms with Gasteiger partial charge in [-0.1, -0.05) is 12.1 Å². The molecule has 5 nitrogen and oxygen atoms in total. The molecular weight excluding hydrogens is 292 g/mol. The first kappa shape index (κ1) is 17.5. The Morgan fingerprint density at radius 1 is 1.26 bits per heavy atom. The largest absolute Gasteiger partial charge is 0.381 e. The van der Waals surface area contributed by atoms with Crippen LogP contribution in [0.1, 0.15) is 30.9 Å². The molecule has 0 unspecified atom stereocenters. The SMILES string of the molecule is CC(=O)N(CCNC(=O)C1CCOCC1)c1cccc(C)c1C. The Bertz CT molecular complexity index is 565. The van der Waals surface area contributed by atoms with E-state index in [0.717, 1.165) is 29.7 Å². The lowest BCUT2D eigenvalue weighted by molar-refractivity contribution is -0.127. The maximum atomic E-state index is 12.1. The Morgan fingerprint density at radius 2 is 1.96 bits per heavy atom. The molecule has 0 aromatic heterocycles. The van der Waals surface area contributed by atoms with Crippen molar-refractivity contribution in [3.63, 3.8) is 0 Å². The first-order valence-corrected chi connectivity index (χ1v) is 8.20. The van der Waals surface area contributed by atoms with Gasteiger partial charge in [0.1, 0.15) is 0 Å². The highest BCUT2D eigenvalue weighted by molar-refractivity contribution is 5.92. The van der Waals surface area contributed by atoms with Gasteiger partial charge in [0.2, 0.25) is 11.8 Å². The van der Waals surface area contributed by atoms with Gasteiger partial charge in [-0.25, -0.2) is 0 Å². The Hall–Kier alpha value is -1.88. The van der Waals surface area contributed by atoms with E-state index >= 15 is 0 Å². The monoisotopic (exact) mass is 318 g/mol. The minimum Gasteiger partial charge on any atom is -0.381 e. The van der Waals surface area contributed by atoms with E-state index in [0.29, 0.717) is 26.3 Å². The molecule has 1 aromatic carbocycles. The summed E-state index contributed by atoms with van der Waals surface area (Å²) in [5.74, 6) is 0.0898.